The highest BCUT2D eigenvalue weighted by Gasteiger charge is 2.36. The Bertz CT molecular complexity index is 623. The van der Waals surface area contributed by atoms with E-state index in [1.165, 1.54) is 0 Å². The van der Waals surface area contributed by atoms with E-state index in [2.05, 4.69) is 28.3 Å². The Kier molecular flexibility index (Phi) is 4.18. The van der Waals surface area contributed by atoms with Gasteiger partial charge in [-0.3, -0.25) is 5.32 Å². The fourth-order valence-corrected chi connectivity index (χ4v) is 4.40. The molecule has 1 aliphatic carbocycles. The van der Waals surface area contributed by atoms with Gasteiger partial charge in [0.25, 0.3) is 0 Å². The van der Waals surface area contributed by atoms with Gasteiger partial charge in [0, 0.05) is 5.25 Å². The second-order valence-electron chi connectivity index (χ2n) is 5.62. The summed E-state index contributed by atoms with van der Waals surface area (Å²) < 4.78 is 0. The van der Waals surface area contributed by atoms with Crippen molar-refractivity contribution in [3.8, 4) is 6.07 Å². The monoisotopic (exact) mass is 300 g/mol. The van der Waals surface area contributed by atoms with E-state index in [-0.39, 0.29) is 5.54 Å². The van der Waals surface area contributed by atoms with Crippen LogP contribution < -0.4 is 5.32 Å². The first-order valence-corrected chi connectivity index (χ1v) is 8.40. The molecule has 0 saturated heterocycles. The first-order valence-electron chi connectivity index (χ1n) is 7.52. The SMILES string of the molecule is CCNC1(C#N)CCCC(Sc2nc3ccccc3[nH]2)C1. The molecule has 1 fully saturated rings. The van der Waals surface area contributed by atoms with Gasteiger partial charge in [0.1, 0.15) is 5.54 Å². The van der Waals surface area contributed by atoms with Gasteiger partial charge in [0.15, 0.2) is 5.16 Å². The molecule has 21 heavy (non-hydrogen) atoms. The van der Waals surface area contributed by atoms with Crippen LogP contribution in [0, 0.1) is 11.3 Å². The molecule has 0 amide bonds. The summed E-state index contributed by atoms with van der Waals surface area (Å²) in [4.78, 5) is 8.00. The lowest BCUT2D eigenvalue weighted by Gasteiger charge is -2.35. The van der Waals surface area contributed by atoms with Crippen LogP contribution in [0.5, 0.6) is 0 Å². The quantitative estimate of drug-likeness (QED) is 0.907. The number of aromatic nitrogens is 2. The van der Waals surface area contributed by atoms with Crippen LogP contribution in [0.2, 0.25) is 0 Å². The van der Waals surface area contributed by atoms with Gasteiger partial charge < -0.3 is 4.98 Å². The van der Waals surface area contributed by atoms with Crippen LogP contribution in [0.1, 0.15) is 32.6 Å². The molecule has 0 aliphatic heterocycles. The summed E-state index contributed by atoms with van der Waals surface area (Å²) in [6, 6.07) is 10.6. The van der Waals surface area contributed by atoms with Crippen LogP contribution >= 0.6 is 11.8 Å². The Balaban J connectivity index is 1.73. The molecule has 3 rings (SSSR count). The molecule has 4 nitrogen and oxygen atoms in total. The first kappa shape index (κ1) is 14.4. The summed E-state index contributed by atoms with van der Waals surface area (Å²) >= 11 is 1.78. The number of para-hydroxylation sites is 2. The second-order valence-corrected chi connectivity index (χ2v) is 6.91. The molecular weight excluding hydrogens is 280 g/mol. The predicted octanol–water partition coefficient (Wildman–Crippen LogP) is 3.47. The number of nitrogens with one attached hydrogen (secondary N) is 2. The van der Waals surface area contributed by atoms with Crippen molar-refractivity contribution in [2.75, 3.05) is 6.54 Å². The maximum Gasteiger partial charge on any atom is 0.166 e. The van der Waals surface area contributed by atoms with E-state index in [1.54, 1.807) is 11.8 Å². The Labute approximate surface area is 129 Å². The van der Waals surface area contributed by atoms with Crippen LogP contribution in [-0.2, 0) is 0 Å². The third-order valence-corrected chi connectivity index (χ3v) is 5.23. The van der Waals surface area contributed by atoms with E-state index in [4.69, 9.17) is 0 Å². The van der Waals surface area contributed by atoms with Crippen LogP contribution in [-0.4, -0.2) is 27.3 Å². The summed E-state index contributed by atoms with van der Waals surface area (Å²) in [5.74, 6) is 0. The Morgan fingerprint density at radius 3 is 3.14 bits per heavy atom. The van der Waals surface area contributed by atoms with Crippen LogP contribution in [0.3, 0.4) is 0 Å². The number of imidazole rings is 1. The minimum Gasteiger partial charge on any atom is -0.333 e. The predicted molar refractivity (Wildman–Crippen MR) is 86.2 cm³/mol. The fraction of sp³-hybridized carbons (Fsp3) is 0.500. The van der Waals surface area contributed by atoms with E-state index in [0.717, 1.165) is 48.4 Å². The van der Waals surface area contributed by atoms with Crippen molar-refractivity contribution in [3.63, 3.8) is 0 Å². The molecule has 2 N–H and O–H groups in total. The van der Waals surface area contributed by atoms with E-state index in [1.807, 2.05) is 24.3 Å². The molecule has 0 bridgehead atoms. The van der Waals surface area contributed by atoms with Gasteiger partial charge in [0.05, 0.1) is 17.1 Å². The molecule has 1 aromatic heterocycles. The standard InChI is InChI=1S/C16H20N4S/c1-2-18-16(11-17)9-5-6-12(10-16)21-15-19-13-7-3-4-8-14(13)20-15/h3-4,7-8,12,18H,2,5-6,9-10H2,1H3,(H,19,20). The van der Waals surface area contributed by atoms with Gasteiger partial charge in [-0.2, -0.15) is 5.26 Å². The van der Waals surface area contributed by atoms with Crippen molar-refractivity contribution >= 4 is 22.8 Å². The third-order valence-electron chi connectivity index (χ3n) is 4.08. The van der Waals surface area contributed by atoms with E-state index < -0.39 is 0 Å². The number of thioether (sulfide) groups is 1. The largest absolute Gasteiger partial charge is 0.333 e. The van der Waals surface area contributed by atoms with Crippen molar-refractivity contribution in [1.29, 1.82) is 5.26 Å². The number of hydrogen-bond acceptors (Lipinski definition) is 4. The Morgan fingerprint density at radius 1 is 1.52 bits per heavy atom. The molecule has 2 aromatic rings. The lowest BCUT2D eigenvalue weighted by Crippen LogP contribution is -2.48. The molecule has 1 aliphatic rings. The molecule has 2 atom stereocenters. The zero-order valence-corrected chi connectivity index (χ0v) is 13.0. The van der Waals surface area contributed by atoms with Gasteiger partial charge in [-0.15, -0.1) is 0 Å². The highest BCUT2D eigenvalue weighted by atomic mass is 32.2. The number of rotatable bonds is 4. The number of H-pyrrole nitrogens is 1. The average Bonchev–Trinajstić information content (AvgIpc) is 2.90. The van der Waals surface area contributed by atoms with Gasteiger partial charge >= 0.3 is 0 Å². The molecule has 1 saturated carbocycles. The number of benzene rings is 1. The molecule has 0 spiro atoms. The number of nitrogens with zero attached hydrogens (tertiary/aromatic N) is 2. The highest BCUT2D eigenvalue weighted by Crippen LogP contribution is 2.37. The number of nitriles is 1. The second kappa shape index (κ2) is 6.08. The molecule has 0 radical (unpaired) electrons. The van der Waals surface area contributed by atoms with Crippen molar-refractivity contribution in [2.24, 2.45) is 0 Å². The third kappa shape index (κ3) is 3.07. The summed E-state index contributed by atoms with van der Waals surface area (Å²) in [7, 11) is 0. The number of fused-ring (bicyclic) bond motifs is 1. The highest BCUT2D eigenvalue weighted by molar-refractivity contribution is 7.99. The summed E-state index contributed by atoms with van der Waals surface area (Å²) in [6.45, 7) is 2.91. The van der Waals surface area contributed by atoms with E-state index in [9.17, 15) is 5.26 Å². The number of hydrogen-bond donors (Lipinski definition) is 2. The summed E-state index contributed by atoms with van der Waals surface area (Å²) in [5, 5.41) is 14.3. The van der Waals surface area contributed by atoms with Crippen molar-refractivity contribution < 1.29 is 0 Å². The number of aromatic amines is 1. The maximum atomic E-state index is 9.53. The minimum absolute atomic E-state index is 0.351. The Morgan fingerprint density at radius 2 is 2.38 bits per heavy atom. The van der Waals surface area contributed by atoms with Gasteiger partial charge in [0.2, 0.25) is 0 Å². The molecule has 1 heterocycles. The maximum absolute atomic E-state index is 9.53. The van der Waals surface area contributed by atoms with Gasteiger partial charge in [-0.25, -0.2) is 4.98 Å². The Hall–Kier alpha value is -1.51. The van der Waals surface area contributed by atoms with Gasteiger partial charge in [-0.05, 0) is 44.4 Å². The fourth-order valence-electron chi connectivity index (χ4n) is 3.11. The zero-order chi connectivity index (χ0) is 14.7. The molecular formula is C16H20N4S. The summed E-state index contributed by atoms with van der Waals surface area (Å²) in [6.07, 6.45) is 4.09. The van der Waals surface area contributed by atoms with E-state index in [0.29, 0.717) is 5.25 Å². The average molecular weight is 300 g/mol. The van der Waals surface area contributed by atoms with Crippen molar-refractivity contribution in [3.05, 3.63) is 24.3 Å². The lowest BCUT2D eigenvalue weighted by molar-refractivity contribution is 0.309. The molecule has 1 aromatic carbocycles. The summed E-state index contributed by atoms with van der Waals surface area (Å²) in [5.41, 5.74) is 1.74. The van der Waals surface area contributed by atoms with Gasteiger partial charge in [-0.1, -0.05) is 30.8 Å². The van der Waals surface area contributed by atoms with Crippen LogP contribution in [0.4, 0.5) is 0 Å². The molecule has 5 heteroatoms. The minimum atomic E-state index is -0.351. The topological polar surface area (TPSA) is 64.5 Å². The lowest BCUT2D eigenvalue weighted by atomic mass is 9.82. The van der Waals surface area contributed by atoms with Crippen molar-refractivity contribution in [1.82, 2.24) is 15.3 Å². The normalized spacial score (nSPS) is 25.8. The smallest absolute Gasteiger partial charge is 0.166 e. The zero-order valence-electron chi connectivity index (χ0n) is 12.2. The molecule has 2 unspecified atom stereocenters. The first-order chi connectivity index (χ1) is 10.2. The van der Waals surface area contributed by atoms with Crippen molar-refractivity contribution in [2.45, 2.75) is 48.6 Å². The molecule has 110 valence electrons. The van der Waals surface area contributed by atoms with Crippen LogP contribution in [0.15, 0.2) is 29.4 Å². The van der Waals surface area contributed by atoms with E-state index >= 15 is 0 Å². The van der Waals surface area contributed by atoms with Crippen LogP contribution in [0.25, 0.3) is 11.0 Å².